The number of hydrogen-bond donors (Lipinski definition) is 0. The van der Waals surface area contributed by atoms with Crippen LogP contribution < -0.4 is 4.74 Å². The van der Waals surface area contributed by atoms with Crippen molar-refractivity contribution in [2.75, 3.05) is 0 Å². The normalized spacial score (nSPS) is 23.2. The Hall–Kier alpha value is -2.94. The molecule has 49 heavy (non-hydrogen) atoms. The summed E-state index contributed by atoms with van der Waals surface area (Å²) >= 11 is 0. The van der Waals surface area contributed by atoms with Crippen LogP contribution in [0.2, 0.25) is 0 Å². The minimum Gasteiger partial charge on any atom is -0.403 e. The molecule has 0 heterocycles. The Morgan fingerprint density at radius 2 is 1.18 bits per heavy atom. The van der Waals surface area contributed by atoms with Gasteiger partial charge in [-0.15, -0.1) is 13.2 Å². The zero-order chi connectivity index (χ0) is 36.3. The van der Waals surface area contributed by atoms with E-state index in [0.717, 1.165) is 12.0 Å². The molecule has 0 saturated heterocycles. The van der Waals surface area contributed by atoms with E-state index in [1.165, 1.54) is 12.1 Å². The quantitative estimate of drug-likeness (QED) is 0.152. The Balaban J connectivity index is 1.27. The second-order valence-corrected chi connectivity index (χ2v) is 12.4. The van der Waals surface area contributed by atoms with Gasteiger partial charge in [-0.25, -0.2) is 4.39 Å². The van der Waals surface area contributed by atoms with Gasteiger partial charge in [0.2, 0.25) is 0 Å². The van der Waals surface area contributed by atoms with Gasteiger partial charge in [-0.05, 0) is 88.0 Å². The van der Waals surface area contributed by atoms with Gasteiger partial charge in [0.25, 0.3) is 0 Å². The van der Waals surface area contributed by atoms with Crippen LogP contribution in [0.15, 0.2) is 54.6 Å². The maximum absolute atomic E-state index is 15.1. The summed E-state index contributed by atoms with van der Waals surface area (Å²) in [5.41, 5.74) is -1.12. The Bertz CT molecular complexity index is 1390. The highest BCUT2D eigenvalue weighted by Crippen LogP contribution is 2.52. The molecule has 0 radical (unpaired) electrons. The summed E-state index contributed by atoms with van der Waals surface area (Å²) in [5, 5.41) is 0. The number of rotatable bonds is 13. The van der Waals surface area contributed by atoms with Crippen LogP contribution in [-0.4, -0.2) is 30.6 Å². The third-order valence-electron chi connectivity index (χ3n) is 8.96. The Kier molecular flexibility index (Phi) is 12.0. The largest absolute Gasteiger partial charge is 0.573 e. The summed E-state index contributed by atoms with van der Waals surface area (Å²) in [4.78, 5) is 0. The molecule has 0 unspecified atom stereocenters. The monoisotopic (exact) mass is 720 g/mol. The fourth-order valence-electron chi connectivity index (χ4n) is 6.23. The van der Waals surface area contributed by atoms with Crippen LogP contribution in [0.5, 0.6) is 5.75 Å². The van der Waals surface area contributed by atoms with Crippen molar-refractivity contribution >= 4 is 0 Å². The van der Waals surface area contributed by atoms with Gasteiger partial charge >= 0.3 is 30.4 Å². The van der Waals surface area contributed by atoms with Crippen LogP contribution in [-0.2, 0) is 27.9 Å². The SMILES string of the molecule is CC/C=C\Cc1ccc(C(F)(F)OC2CCC(C(F)(F)OC3CCC(C(F)(F)C(F)(F)c4ccc(OC(F)(F)F)c(F)c4)CC3)CC2)cc1. The van der Waals surface area contributed by atoms with E-state index < -0.39 is 97.3 Å². The van der Waals surface area contributed by atoms with Gasteiger partial charge in [-0.3, -0.25) is 0 Å². The molecule has 0 amide bonds. The van der Waals surface area contributed by atoms with E-state index in [1.807, 2.05) is 19.1 Å². The van der Waals surface area contributed by atoms with Crippen LogP contribution in [0, 0.1) is 17.7 Å². The molecule has 0 bridgehead atoms. The first kappa shape index (κ1) is 38.9. The predicted molar refractivity (Wildman–Crippen MR) is 154 cm³/mol. The fraction of sp³-hybridized carbons (Fsp3) is 0.588. The van der Waals surface area contributed by atoms with Crippen molar-refractivity contribution < 1.29 is 66.9 Å². The lowest BCUT2D eigenvalue weighted by atomic mass is 9.79. The van der Waals surface area contributed by atoms with Gasteiger partial charge in [0, 0.05) is 11.5 Å². The first-order valence-corrected chi connectivity index (χ1v) is 15.9. The van der Waals surface area contributed by atoms with Gasteiger partial charge in [-0.2, -0.15) is 35.1 Å². The molecule has 274 valence electrons. The van der Waals surface area contributed by atoms with Crippen LogP contribution >= 0.6 is 0 Å². The second-order valence-electron chi connectivity index (χ2n) is 12.4. The van der Waals surface area contributed by atoms with E-state index in [1.54, 1.807) is 12.1 Å². The third kappa shape index (κ3) is 9.65. The molecule has 2 fully saturated rings. The smallest absolute Gasteiger partial charge is 0.403 e. The Labute approximate surface area is 275 Å². The van der Waals surface area contributed by atoms with E-state index >= 15 is 17.6 Å². The van der Waals surface area contributed by atoms with Gasteiger partial charge < -0.3 is 14.2 Å². The van der Waals surface area contributed by atoms with E-state index in [0.29, 0.717) is 6.42 Å². The molecule has 0 aliphatic heterocycles. The maximum atomic E-state index is 15.1. The molecule has 2 aliphatic rings. The molecule has 15 heteroatoms. The summed E-state index contributed by atoms with van der Waals surface area (Å²) in [7, 11) is 0. The molecular formula is C34H36F12O3. The molecule has 2 aliphatic carbocycles. The third-order valence-corrected chi connectivity index (χ3v) is 8.96. The van der Waals surface area contributed by atoms with Crippen molar-refractivity contribution in [2.24, 2.45) is 11.8 Å². The average molecular weight is 721 g/mol. The minimum absolute atomic E-state index is 0.114. The number of hydrogen-bond acceptors (Lipinski definition) is 3. The lowest BCUT2D eigenvalue weighted by Gasteiger charge is -2.40. The first-order valence-electron chi connectivity index (χ1n) is 15.9. The van der Waals surface area contributed by atoms with Crippen LogP contribution in [0.1, 0.15) is 81.4 Å². The van der Waals surface area contributed by atoms with E-state index in [9.17, 15) is 35.1 Å². The summed E-state index contributed by atoms with van der Waals surface area (Å²) in [5.74, 6) is -16.6. The van der Waals surface area contributed by atoms with Gasteiger partial charge in [0.1, 0.15) is 0 Å². The number of allylic oxidation sites excluding steroid dienone is 2. The van der Waals surface area contributed by atoms with Crippen molar-refractivity contribution in [3.8, 4) is 5.75 Å². The number of benzene rings is 2. The predicted octanol–water partition coefficient (Wildman–Crippen LogP) is 11.5. The fourth-order valence-corrected chi connectivity index (χ4v) is 6.23. The molecule has 0 aromatic heterocycles. The first-order chi connectivity index (χ1) is 22.7. The molecule has 2 aromatic rings. The summed E-state index contributed by atoms with van der Waals surface area (Å²) in [6, 6.07) is 5.80. The molecule has 2 saturated carbocycles. The topological polar surface area (TPSA) is 27.7 Å². The molecule has 4 rings (SSSR count). The number of halogens is 12. The standard InChI is InChI=1S/C34H36F12O3/c1-2-3-4-5-21-6-8-23(9-7-21)32(40,41)48-27-17-12-24(13-18-27)33(42,43)47-26-15-10-22(11-16-26)30(36,37)31(38,39)25-14-19-29(28(35)20-25)49-34(44,45)46/h3-4,6-9,14,19-20,22,24,26-27H,2,5,10-13,15-18H2,1H3/b4-3-. The highest BCUT2D eigenvalue weighted by Gasteiger charge is 2.62. The molecule has 0 spiro atoms. The van der Waals surface area contributed by atoms with Crippen molar-refractivity contribution in [3.05, 3.63) is 77.1 Å². The van der Waals surface area contributed by atoms with Gasteiger partial charge in [0.15, 0.2) is 11.6 Å². The average Bonchev–Trinajstić information content (AvgIpc) is 3.02. The lowest BCUT2D eigenvalue weighted by Crippen LogP contribution is -2.47. The highest BCUT2D eigenvalue weighted by atomic mass is 19.4. The summed E-state index contributed by atoms with van der Waals surface area (Å²) in [6.07, 6.45) is -12.6. The Morgan fingerprint density at radius 3 is 1.71 bits per heavy atom. The summed E-state index contributed by atoms with van der Waals surface area (Å²) < 4.78 is 184. The lowest BCUT2D eigenvalue weighted by molar-refractivity contribution is -0.314. The van der Waals surface area contributed by atoms with Crippen molar-refractivity contribution in [2.45, 2.75) is 114 Å². The second kappa shape index (κ2) is 15.1. The highest BCUT2D eigenvalue weighted by molar-refractivity contribution is 5.33. The van der Waals surface area contributed by atoms with E-state index in [4.69, 9.17) is 9.47 Å². The number of alkyl halides is 11. The number of ether oxygens (including phenoxy) is 3. The minimum atomic E-state index is -5.35. The maximum Gasteiger partial charge on any atom is 0.573 e. The molecular weight excluding hydrogens is 684 g/mol. The van der Waals surface area contributed by atoms with E-state index in [-0.39, 0.29) is 49.4 Å². The van der Waals surface area contributed by atoms with Gasteiger partial charge in [-0.1, -0.05) is 43.3 Å². The molecule has 2 aromatic carbocycles. The molecule has 0 N–H and O–H groups in total. The van der Waals surface area contributed by atoms with E-state index in [2.05, 4.69) is 4.74 Å². The molecule has 0 atom stereocenters. The van der Waals surface area contributed by atoms with Crippen LogP contribution in [0.25, 0.3) is 0 Å². The van der Waals surface area contributed by atoms with Crippen LogP contribution in [0.3, 0.4) is 0 Å². The summed E-state index contributed by atoms with van der Waals surface area (Å²) in [6.45, 7) is 1.97. The van der Waals surface area contributed by atoms with Gasteiger partial charge in [0.05, 0.1) is 23.7 Å². The van der Waals surface area contributed by atoms with Crippen molar-refractivity contribution in [1.29, 1.82) is 0 Å². The Morgan fingerprint density at radius 1 is 0.653 bits per heavy atom. The zero-order valence-corrected chi connectivity index (χ0v) is 26.3. The van der Waals surface area contributed by atoms with Crippen molar-refractivity contribution in [1.82, 2.24) is 0 Å². The molecule has 3 nitrogen and oxygen atoms in total. The zero-order valence-electron chi connectivity index (χ0n) is 26.3. The van der Waals surface area contributed by atoms with Crippen molar-refractivity contribution in [3.63, 3.8) is 0 Å². The van der Waals surface area contributed by atoms with Crippen LogP contribution in [0.4, 0.5) is 52.7 Å².